The van der Waals surface area contributed by atoms with Crippen molar-refractivity contribution in [2.24, 2.45) is 0 Å². The first-order chi connectivity index (χ1) is 12.4. The van der Waals surface area contributed by atoms with Crippen LogP contribution >= 0.6 is 11.6 Å². The van der Waals surface area contributed by atoms with E-state index >= 15 is 0 Å². The molecule has 0 unspecified atom stereocenters. The van der Waals surface area contributed by atoms with E-state index < -0.39 is 5.91 Å². The molecule has 0 radical (unpaired) electrons. The first kappa shape index (κ1) is 22.0. The molecule has 6 nitrogen and oxygen atoms in total. The number of anilines is 1. The van der Waals surface area contributed by atoms with E-state index in [-0.39, 0.29) is 24.7 Å². The van der Waals surface area contributed by atoms with Gasteiger partial charge in [0.1, 0.15) is 0 Å². The Balaban J connectivity index is 2.20. The van der Waals surface area contributed by atoms with Crippen LogP contribution in [-0.2, 0) is 14.4 Å². The fourth-order valence-electron chi connectivity index (χ4n) is 2.34. The molecule has 0 bridgehead atoms. The van der Waals surface area contributed by atoms with Crippen LogP contribution in [0.4, 0.5) is 5.69 Å². The van der Waals surface area contributed by atoms with Crippen molar-refractivity contribution >= 4 is 35.0 Å². The Morgan fingerprint density at radius 2 is 1.50 bits per heavy atom. The number of hydrogen-bond acceptors (Lipinski definition) is 3. The van der Waals surface area contributed by atoms with Gasteiger partial charge in [-0.1, -0.05) is 50.3 Å². The second kappa shape index (κ2) is 12.3. The van der Waals surface area contributed by atoms with E-state index in [4.69, 9.17) is 11.6 Å². The Morgan fingerprint density at radius 3 is 2.19 bits per heavy atom. The number of halogens is 1. The lowest BCUT2D eigenvalue weighted by Gasteiger charge is -2.10. The number of amides is 3. The van der Waals surface area contributed by atoms with Crippen molar-refractivity contribution < 1.29 is 14.4 Å². The van der Waals surface area contributed by atoms with E-state index in [1.165, 1.54) is 6.42 Å². The standard InChI is InChI=1S/C19H28ClN3O3/c1-3-4-5-6-7-11-18(25)22-23-19(26)13-12-17(24)21-16-10-8-9-15(20)14(16)2/h8-10H,3-7,11-13H2,1-2H3,(H,21,24)(H,22,25)(H,23,26). The van der Waals surface area contributed by atoms with Gasteiger partial charge >= 0.3 is 0 Å². The van der Waals surface area contributed by atoms with Crippen molar-refractivity contribution in [3.05, 3.63) is 28.8 Å². The monoisotopic (exact) mass is 381 g/mol. The average Bonchev–Trinajstić information content (AvgIpc) is 2.62. The van der Waals surface area contributed by atoms with Crippen LogP contribution in [0.3, 0.4) is 0 Å². The predicted octanol–water partition coefficient (Wildman–Crippen LogP) is 3.88. The largest absolute Gasteiger partial charge is 0.326 e. The van der Waals surface area contributed by atoms with Crippen molar-refractivity contribution in [1.82, 2.24) is 10.9 Å². The summed E-state index contributed by atoms with van der Waals surface area (Å²) in [5, 5.41) is 3.29. The van der Waals surface area contributed by atoms with E-state index in [0.29, 0.717) is 17.1 Å². The van der Waals surface area contributed by atoms with Crippen molar-refractivity contribution in [2.75, 3.05) is 5.32 Å². The summed E-state index contributed by atoms with van der Waals surface area (Å²) in [5.74, 6) is -0.899. The van der Waals surface area contributed by atoms with Gasteiger partial charge in [-0.2, -0.15) is 0 Å². The molecule has 26 heavy (non-hydrogen) atoms. The number of benzene rings is 1. The maximum Gasteiger partial charge on any atom is 0.238 e. The van der Waals surface area contributed by atoms with Gasteiger partial charge < -0.3 is 5.32 Å². The Labute approximate surface area is 160 Å². The second-order valence-electron chi connectivity index (χ2n) is 6.22. The molecule has 0 aliphatic heterocycles. The Morgan fingerprint density at radius 1 is 0.885 bits per heavy atom. The van der Waals surface area contributed by atoms with Crippen LogP contribution in [0.25, 0.3) is 0 Å². The smallest absolute Gasteiger partial charge is 0.238 e. The highest BCUT2D eigenvalue weighted by molar-refractivity contribution is 6.31. The zero-order chi connectivity index (χ0) is 19.4. The molecule has 3 amide bonds. The molecule has 144 valence electrons. The Hall–Kier alpha value is -2.08. The molecule has 0 saturated carbocycles. The summed E-state index contributed by atoms with van der Waals surface area (Å²) in [6, 6.07) is 5.24. The lowest BCUT2D eigenvalue weighted by molar-refractivity contribution is -0.129. The third-order valence-corrected chi connectivity index (χ3v) is 4.38. The van der Waals surface area contributed by atoms with E-state index in [1.807, 2.05) is 6.92 Å². The number of nitrogens with one attached hydrogen (secondary N) is 3. The molecule has 0 aromatic heterocycles. The molecule has 3 N–H and O–H groups in total. The van der Waals surface area contributed by atoms with Crippen LogP contribution in [0, 0.1) is 6.92 Å². The minimum Gasteiger partial charge on any atom is -0.326 e. The highest BCUT2D eigenvalue weighted by Crippen LogP contribution is 2.23. The van der Waals surface area contributed by atoms with Crippen LogP contribution in [0.15, 0.2) is 18.2 Å². The van der Waals surface area contributed by atoms with Gasteiger partial charge in [0.2, 0.25) is 17.7 Å². The molecule has 0 spiro atoms. The van der Waals surface area contributed by atoms with Crippen molar-refractivity contribution in [3.63, 3.8) is 0 Å². The topological polar surface area (TPSA) is 87.3 Å². The quantitative estimate of drug-likeness (QED) is 0.424. The SMILES string of the molecule is CCCCCCCC(=O)NNC(=O)CCC(=O)Nc1cccc(Cl)c1C. The normalized spacial score (nSPS) is 10.3. The van der Waals surface area contributed by atoms with Gasteiger partial charge in [0, 0.05) is 30.0 Å². The summed E-state index contributed by atoms with van der Waals surface area (Å²) in [5.41, 5.74) is 6.11. The zero-order valence-corrected chi connectivity index (χ0v) is 16.2. The minimum atomic E-state index is -0.401. The molecular formula is C19H28ClN3O3. The number of carbonyl (C=O) groups is 3. The predicted molar refractivity (Wildman–Crippen MR) is 104 cm³/mol. The summed E-state index contributed by atoms with van der Waals surface area (Å²) < 4.78 is 0. The molecule has 0 saturated heterocycles. The van der Waals surface area contributed by atoms with Crippen LogP contribution < -0.4 is 16.2 Å². The Kier molecular flexibility index (Phi) is 10.4. The molecule has 1 aromatic carbocycles. The van der Waals surface area contributed by atoms with Crippen molar-refractivity contribution in [1.29, 1.82) is 0 Å². The molecule has 0 aliphatic carbocycles. The lowest BCUT2D eigenvalue weighted by Crippen LogP contribution is -2.41. The molecule has 0 heterocycles. The number of hydrogen-bond donors (Lipinski definition) is 3. The van der Waals surface area contributed by atoms with E-state index in [1.54, 1.807) is 18.2 Å². The number of carbonyl (C=O) groups excluding carboxylic acids is 3. The van der Waals surface area contributed by atoms with Gasteiger partial charge in [-0.25, -0.2) is 0 Å². The van der Waals surface area contributed by atoms with Crippen molar-refractivity contribution in [3.8, 4) is 0 Å². The summed E-state index contributed by atoms with van der Waals surface area (Å²) in [7, 11) is 0. The lowest BCUT2D eigenvalue weighted by atomic mass is 10.1. The van der Waals surface area contributed by atoms with E-state index in [0.717, 1.165) is 31.2 Å². The highest BCUT2D eigenvalue weighted by atomic mass is 35.5. The van der Waals surface area contributed by atoms with Crippen LogP contribution in [0.1, 0.15) is 63.9 Å². The third-order valence-electron chi connectivity index (χ3n) is 3.97. The highest BCUT2D eigenvalue weighted by Gasteiger charge is 2.10. The van der Waals surface area contributed by atoms with Gasteiger partial charge in [-0.05, 0) is 31.0 Å². The van der Waals surface area contributed by atoms with Crippen molar-refractivity contribution in [2.45, 2.75) is 65.2 Å². The first-order valence-electron chi connectivity index (χ1n) is 9.06. The summed E-state index contributed by atoms with van der Waals surface area (Å²) in [6.45, 7) is 3.95. The summed E-state index contributed by atoms with van der Waals surface area (Å²) in [4.78, 5) is 35.2. The van der Waals surface area contributed by atoms with Gasteiger partial charge in [0.15, 0.2) is 0 Å². The van der Waals surface area contributed by atoms with Gasteiger partial charge in [0.05, 0.1) is 0 Å². The molecule has 7 heteroatoms. The maximum atomic E-state index is 11.9. The molecule has 0 atom stereocenters. The van der Waals surface area contributed by atoms with E-state index in [2.05, 4.69) is 23.1 Å². The van der Waals surface area contributed by atoms with E-state index in [9.17, 15) is 14.4 Å². The van der Waals surface area contributed by atoms with Gasteiger partial charge in [-0.15, -0.1) is 0 Å². The fourth-order valence-corrected chi connectivity index (χ4v) is 2.51. The Bertz CT molecular complexity index is 620. The second-order valence-corrected chi connectivity index (χ2v) is 6.63. The number of rotatable bonds is 10. The molecule has 1 aromatic rings. The molecule has 0 fully saturated rings. The maximum absolute atomic E-state index is 11.9. The van der Waals surface area contributed by atoms with Crippen LogP contribution in [0.5, 0.6) is 0 Å². The van der Waals surface area contributed by atoms with Crippen LogP contribution in [-0.4, -0.2) is 17.7 Å². The van der Waals surface area contributed by atoms with Crippen LogP contribution in [0.2, 0.25) is 5.02 Å². The zero-order valence-electron chi connectivity index (χ0n) is 15.5. The van der Waals surface area contributed by atoms with Gasteiger partial charge in [-0.3, -0.25) is 25.2 Å². The minimum absolute atomic E-state index is 0.0117. The third kappa shape index (κ3) is 8.85. The fraction of sp³-hybridized carbons (Fsp3) is 0.526. The first-order valence-corrected chi connectivity index (χ1v) is 9.44. The summed E-state index contributed by atoms with van der Waals surface area (Å²) >= 11 is 6.00. The number of unbranched alkanes of at least 4 members (excludes halogenated alkanes) is 4. The molecule has 1 rings (SSSR count). The molecular weight excluding hydrogens is 354 g/mol. The summed E-state index contributed by atoms with van der Waals surface area (Å²) in [6.07, 6.45) is 5.67. The van der Waals surface area contributed by atoms with Gasteiger partial charge in [0.25, 0.3) is 0 Å². The molecule has 0 aliphatic rings. The average molecular weight is 382 g/mol. The number of hydrazine groups is 1.